The molecule has 3 heterocycles. The van der Waals surface area contributed by atoms with Gasteiger partial charge in [0.2, 0.25) is 0 Å². The van der Waals surface area contributed by atoms with Crippen molar-refractivity contribution in [2.75, 3.05) is 40.5 Å². The normalized spacial score (nSPS) is 18.6. The summed E-state index contributed by atoms with van der Waals surface area (Å²) in [4.78, 5) is 10.1. The first-order valence-corrected chi connectivity index (χ1v) is 12.8. The molecule has 1 saturated carbocycles. The summed E-state index contributed by atoms with van der Waals surface area (Å²) in [7, 11) is 3.43. The second-order valence-corrected chi connectivity index (χ2v) is 10.2. The van der Waals surface area contributed by atoms with Gasteiger partial charge in [-0.3, -0.25) is 9.88 Å². The van der Waals surface area contributed by atoms with E-state index in [2.05, 4.69) is 14.9 Å². The van der Waals surface area contributed by atoms with E-state index >= 15 is 4.39 Å². The predicted octanol–water partition coefficient (Wildman–Crippen LogP) is 5.84. The van der Waals surface area contributed by atoms with Crippen molar-refractivity contribution in [2.24, 2.45) is 5.41 Å². The van der Waals surface area contributed by atoms with Crippen molar-refractivity contribution in [1.82, 2.24) is 14.9 Å². The maximum absolute atomic E-state index is 15.1. The Bertz CT molecular complexity index is 1450. The minimum atomic E-state index is -0.402. The third-order valence-corrected chi connectivity index (χ3v) is 7.74. The van der Waals surface area contributed by atoms with E-state index in [1.807, 2.05) is 32.2 Å². The van der Waals surface area contributed by atoms with Crippen molar-refractivity contribution in [1.29, 1.82) is 0 Å². The van der Waals surface area contributed by atoms with Crippen molar-refractivity contribution >= 4 is 21.8 Å². The largest absolute Gasteiger partial charge is 0.493 e. The highest BCUT2D eigenvalue weighted by atomic mass is 19.1. The van der Waals surface area contributed by atoms with Crippen LogP contribution in [0.25, 0.3) is 21.8 Å². The maximum atomic E-state index is 15.1. The van der Waals surface area contributed by atoms with Crippen LogP contribution in [0, 0.1) is 18.2 Å². The SMILES string of the molecule is COc1cc2c(Oc3ccc4[nH]c(C)cc4c3F)ccnc2cc1OCCCN1CC(OC)C2(CC2)C1. The fourth-order valence-electron chi connectivity index (χ4n) is 5.62. The minimum absolute atomic E-state index is 0.156. The molecular weight excluding hydrogens is 473 g/mol. The summed E-state index contributed by atoms with van der Waals surface area (Å²) < 4.78 is 38.6. The molecule has 194 valence electrons. The smallest absolute Gasteiger partial charge is 0.175 e. The average Bonchev–Trinajstić information content (AvgIpc) is 3.43. The van der Waals surface area contributed by atoms with E-state index in [-0.39, 0.29) is 5.75 Å². The van der Waals surface area contributed by atoms with Crippen molar-refractivity contribution in [2.45, 2.75) is 32.3 Å². The lowest BCUT2D eigenvalue weighted by Gasteiger charge is -2.17. The molecule has 1 spiro atoms. The molecule has 1 aliphatic heterocycles. The Labute approximate surface area is 215 Å². The molecule has 1 aliphatic carbocycles. The number of halogens is 1. The van der Waals surface area contributed by atoms with Crippen LogP contribution >= 0.6 is 0 Å². The van der Waals surface area contributed by atoms with Crippen LogP contribution in [0.1, 0.15) is 25.0 Å². The lowest BCUT2D eigenvalue weighted by Crippen LogP contribution is -2.25. The first kappa shape index (κ1) is 24.0. The highest BCUT2D eigenvalue weighted by Crippen LogP contribution is 2.53. The summed E-state index contributed by atoms with van der Waals surface area (Å²) in [5, 5.41) is 1.22. The lowest BCUT2D eigenvalue weighted by molar-refractivity contribution is 0.0697. The molecule has 0 amide bonds. The Balaban J connectivity index is 1.16. The molecule has 37 heavy (non-hydrogen) atoms. The standard InChI is InChI=1S/C29H32FN3O4/c1-18-13-20-21(32-18)5-6-24(28(20)30)37-23-7-10-31-22-15-26(25(34-2)14-19(22)23)36-12-4-11-33-16-27(35-3)29(17-33)8-9-29/h5-7,10,13-15,27,32H,4,8-9,11-12,16-17H2,1-3H3. The first-order chi connectivity index (χ1) is 18.0. The molecule has 1 atom stereocenters. The zero-order valence-corrected chi connectivity index (χ0v) is 21.5. The van der Waals surface area contributed by atoms with E-state index in [1.54, 1.807) is 31.5 Å². The summed E-state index contributed by atoms with van der Waals surface area (Å²) in [6.45, 7) is 5.56. The van der Waals surface area contributed by atoms with Crippen LogP contribution in [0.2, 0.25) is 0 Å². The molecule has 2 aliphatic rings. The number of pyridine rings is 1. The summed E-state index contributed by atoms with van der Waals surface area (Å²) in [5.41, 5.74) is 2.72. The van der Waals surface area contributed by atoms with Crippen LogP contribution in [0.5, 0.6) is 23.0 Å². The van der Waals surface area contributed by atoms with Crippen LogP contribution in [0.4, 0.5) is 4.39 Å². The van der Waals surface area contributed by atoms with Gasteiger partial charge in [0.15, 0.2) is 23.1 Å². The molecule has 8 heteroatoms. The number of hydrogen-bond donors (Lipinski definition) is 1. The van der Waals surface area contributed by atoms with Gasteiger partial charge in [-0.05, 0) is 56.5 Å². The van der Waals surface area contributed by atoms with Gasteiger partial charge in [0.25, 0.3) is 0 Å². The van der Waals surface area contributed by atoms with Crippen molar-refractivity contribution in [3.05, 3.63) is 54.1 Å². The van der Waals surface area contributed by atoms with Crippen molar-refractivity contribution in [3.63, 3.8) is 0 Å². The number of benzene rings is 2. The number of H-pyrrole nitrogens is 1. The number of nitrogens with zero attached hydrogens (tertiary/aromatic N) is 2. The molecule has 2 aromatic carbocycles. The molecule has 1 N–H and O–H groups in total. The fourth-order valence-corrected chi connectivity index (χ4v) is 5.62. The van der Waals surface area contributed by atoms with Crippen LogP contribution < -0.4 is 14.2 Å². The molecule has 0 bridgehead atoms. The summed E-state index contributed by atoms with van der Waals surface area (Å²) in [6.07, 6.45) is 5.47. The molecule has 2 aromatic heterocycles. The van der Waals surface area contributed by atoms with E-state index in [4.69, 9.17) is 18.9 Å². The molecule has 7 nitrogen and oxygen atoms in total. The topological polar surface area (TPSA) is 68.8 Å². The van der Waals surface area contributed by atoms with E-state index < -0.39 is 5.82 Å². The average molecular weight is 506 g/mol. The number of fused-ring (bicyclic) bond motifs is 2. The highest BCUT2D eigenvalue weighted by molar-refractivity contribution is 5.89. The number of methoxy groups -OCH3 is 2. The summed E-state index contributed by atoms with van der Waals surface area (Å²) in [6, 6.07) is 10.6. The van der Waals surface area contributed by atoms with Crippen molar-refractivity contribution < 1.29 is 23.3 Å². The van der Waals surface area contributed by atoms with Gasteiger partial charge in [-0.25, -0.2) is 4.39 Å². The van der Waals surface area contributed by atoms with Gasteiger partial charge in [-0.15, -0.1) is 0 Å². The number of aryl methyl sites for hydroxylation is 1. The first-order valence-electron chi connectivity index (χ1n) is 12.8. The van der Waals surface area contributed by atoms with Crippen LogP contribution in [-0.2, 0) is 4.74 Å². The zero-order valence-electron chi connectivity index (χ0n) is 21.5. The second-order valence-electron chi connectivity index (χ2n) is 10.2. The van der Waals surface area contributed by atoms with Gasteiger partial charge in [-0.1, -0.05) is 0 Å². The summed E-state index contributed by atoms with van der Waals surface area (Å²) in [5.74, 6) is 1.46. The quantitative estimate of drug-likeness (QED) is 0.288. The summed E-state index contributed by atoms with van der Waals surface area (Å²) >= 11 is 0. The molecule has 1 saturated heterocycles. The van der Waals surface area contributed by atoms with Crippen LogP contribution in [0.3, 0.4) is 0 Å². The molecule has 6 rings (SSSR count). The third-order valence-electron chi connectivity index (χ3n) is 7.74. The lowest BCUT2D eigenvalue weighted by atomic mass is 10.0. The second kappa shape index (κ2) is 9.50. The Morgan fingerprint density at radius 2 is 1.92 bits per heavy atom. The number of nitrogens with one attached hydrogen (secondary N) is 1. The zero-order chi connectivity index (χ0) is 25.6. The number of rotatable bonds is 9. The Hall–Kier alpha value is -3.36. The molecule has 2 fully saturated rings. The van der Waals surface area contributed by atoms with Gasteiger partial charge in [0, 0.05) is 66.4 Å². The van der Waals surface area contributed by atoms with Gasteiger partial charge in [0.05, 0.1) is 25.3 Å². The van der Waals surface area contributed by atoms with Gasteiger partial charge in [0.1, 0.15) is 5.75 Å². The van der Waals surface area contributed by atoms with Crippen molar-refractivity contribution in [3.8, 4) is 23.0 Å². The monoisotopic (exact) mass is 505 g/mol. The van der Waals surface area contributed by atoms with E-state index in [1.165, 1.54) is 12.8 Å². The van der Waals surface area contributed by atoms with E-state index in [0.717, 1.165) is 37.3 Å². The Morgan fingerprint density at radius 3 is 2.68 bits per heavy atom. The number of aromatic amines is 1. The molecular formula is C29H32FN3O4. The number of ether oxygens (including phenoxy) is 4. The van der Waals surface area contributed by atoms with Crippen LogP contribution in [0.15, 0.2) is 42.6 Å². The highest BCUT2D eigenvalue weighted by Gasteiger charge is 2.55. The fraction of sp³-hybridized carbons (Fsp3) is 0.414. The maximum Gasteiger partial charge on any atom is 0.175 e. The predicted molar refractivity (Wildman–Crippen MR) is 140 cm³/mol. The van der Waals surface area contributed by atoms with Gasteiger partial charge >= 0.3 is 0 Å². The van der Waals surface area contributed by atoms with Crippen LogP contribution in [-0.4, -0.2) is 61.4 Å². The number of aromatic nitrogens is 2. The molecule has 4 aromatic rings. The Kier molecular flexibility index (Phi) is 6.16. The Morgan fingerprint density at radius 1 is 1.05 bits per heavy atom. The van der Waals surface area contributed by atoms with Gasteiger partial charge < -0.3 is 23.9 Å². The number of hydrogen-bond acceptors (Lipinski definition) is 6. The minimum Gasteiger partial charge on any atom is -0.493 e. The third kappa shape index (κ3) is 4.49. The van der Waals surface area contributed by atoms with E-state index in [0.29, 0.717) is 51.7 Å². The number of likely N-dealkylation sites (tertiary alicyclic amines) is 1. The van der Waals surface area contributed by atoms with E-state index in [9.17, 15) is 0 Å². The molecule has 1 unspecified atom stereocenters. The molecule has 0 radical (unpaired) electrons. The van der Waals surface area contributed by atoms with Gasteiger partial charge in [-0.2, -0.15) is 0 Å².